The quantitative estimate of drug-likeness (QED) is 0.543. The van der Waals surface area contributed by atoms with Gasteiger partial charge in [0.1, 0.15) is 16.7 Å². The molecular formula is C19H14N4O3. The lowest BCUT2D eigenvalue weighted by molar-refractivity contribution is 0.0694. The van der Waals surface area contributed by atoms with Crippen molar-refractivity contribution in [2.24, 2.45) is 0 Å². The number of benzene rings is 1. The van der Waals surface area contributed by atoms with Crippen molar-refractivity contribution in [1.29, 1.82) is 5.41 Å². The summed E-state index contributed by atoms with van der Waals surface area (Å²) >= 11 is 0. The molecule has 4 aromatic rings. The van der Waals surface area contributed by atoms with Gasteiger partial charge in [-0.1, -0.05) is 24.3 Å². The molecule has 4 rings (SSSR count). The number of nitrogens with one attached hydrogen (secondary N) is 1. The molecule has 128 valence electrons. The molecule has 0 amide bonds. The summed E-state index contributed by atoms with van der Waals surface area (Å²) in [6.07, 6.45) is 1.60. The van der Waals surface area contributed by atoms with Crippen LogP contribution in [0.1, 0.15) is 15.9 Å². The van der Waals surface area contributed by atoms with Crippen LogP contribution in [-0.4, -0.2) is 25.0 Å². The Hall–Kier alpha value is -3.74. The SMILES string of the molecule is Cc1cccn2c(=O)c3cc(C(=O)O)c(=N)n(-c4ccccc4)c3nc12. The number of aromatic nitrogens is 3. The second-order valence-electron chi connectivity index (χ2n) is 5.92. The largest absolute Gasteiger partial charge is 0.478 e. The van der Waals surface area contributed by atoms with Crippen LogP contribution in [0.25, 0.3) is 22.4 Å². The number of aromatic carboxylic acids is 1. The van der Waals surface area contributed by atoms with Gasteiger partial charge in [0.15, 0.2) is 5.65 Å². The Labute approximate surface area is 146 Å². The number of pyridine rings is 2. The van der Waals surface area contributed by atoms with Crippen molar-refractivity contribution in [2.75, 3.05) is 0 Å². The van der Waals surface area contributed by atoms with E-state index in [0.717, 1.165) is 5.56 Å². The summed E-state index contributed by atoms with van der Waals surface area (Å²) in [5.74, 6) is -1.27. The molecule has 0 fully saturated rings. The van der Waals surface area contributed by atoms with Crippen molar-refractivity contribution in [3.05, 3.63) is 81.7 Å². The minimum absolute atomic E-state index is 0.144. The fourth-order valence-electron chi connectivity index (χ4n) is 3.03. The fourth-order valence-corrected chi connectivity index (χ4v) is 3.03. The number of para-hydroxylation sites is 1. The standard InChI is InChI=1S/C19H14N4O3/c1-11-6-5-9-22-16(11)21-17-14(18(22)24)10-13(19(25)26)15(20)23(17)12-7-3-2-4-8-12/h2-10,20H,1H3,(H,25,26). The van der Waals surface area contributed by atoms with Gasteiger partial charge < -0.3 is 5.11 Å². The first kappa shape index (κ1) is 15.8. The zero-order valence-electron chi connectivity index (χ0n) is 13.8. The molecule has 0 saturated heterocycles. The summed E-state index contributed by atoms with van der Waals surface area (Å²) in [5, 5.41) is 18.0. The number of carboxylic acid groups (broad SMARTS) is 1. The predicted molar refractivity (Wildman–Crippen MR) is 95.8 cm³/mol. The molecule has 0 atom stereocenters. The highest BCUT2D eigenvalue weighted by Gasteiger charge is 2.18. The Morgan fingerprint density at radius 3 is 2.54 bits per heavy atom. The number of nitrogens with zero attached hydrogens (tertiary/aromatic N) is 3. The van der Waals surface area contributed by atoms with Crippen LogP contribution in [0.4, 0.5) is 0 Å². The average Bonchev–Trinajstić information content (AvgIpc) is 2.63. The fraction of sp³-hybridized carbons (Fsp3) is 0.0526. The van der Waals surface area contributed by atoms with Gasteiger partial charge in [-0.15, -0.1) is 0 Å². The van der Waals surface area contributed by atoms with Crippen LogP contribution in [0.2, 0.25) is 0 Å². The first-order chi connectivity index (χ1) is 12.5. The van der Waals surface area contributed by atoms with E-state index in [1.165, 1.54) is 15.0 Å². The van der Waals surface area contributed by atoms with Gasteiger partial charge in [-0.3, -0.25) is 19.2 Å². The average molecular weight is 346 g/mol. The molecule has 0 aliphatic carbocycles. The highest BCUT2D eigenvalue weighted by atomic mass is 16.4. The third kappa shape index (κ3) is 2.21. The topological polar surface area (TPSA) is 100 Å². The number of carbonyl (C=O) groups is 1. The molecule has 7 nitrogen and oxygen atoms in total. The normalized spacial score (nSPS) is 11.1. The Kier molecular flexibility index (Phi) is 3.43. The summed E-state index contributed by atoms with van der Waals surface area (Å²) in [6, 6.07) is 13.7. The van der Waals surface area contributed by atoms with Gasteiger partial charge in [0, 0.05) is 11.9 Å². The third-order valence-electron chi connectivity index (χ3n) is 4.29. The van der Waals surface area contributed by atoms with Crippen molar-refractivity contribution < 1.29 is 9.90 Å². The molecule has 0 saturated carbocycles. The van der Waals surface area contributed by atoms with Crippen molar-refractivity contribution in [3.8, 4) is 5.69 Å². The molecule has 1 aromatic carbocycles. The number of aryl methyl sites for hydroxylation is 1. The van der Waals surface area contributed by atoms with Gasteiger partial charge >= 0.3 is 5.97 Å². The van der Waals surface area contributed by atoms with Crippen LogP contribution in [0.3, 0.4) is 0 Å². The number of fused-ring (bicyclic) bond motifs is 2. The molecule has 0 aliphatic rings. The number of rotatable bonds is 2. The van der Waals surface area contributed by atoms with E-state index in [9.17, 15) is 14.7 Å². The third-order valence-corrected chi connectivity index (χ3v) is 4.29. The monoisotopic (exact) mass is 346 g/mol. The summed E-state index contributed by atoms with van der Waals surface area (Å²) in [4.78, 5) is 29.2. The first-order valence-electron chi connectivity index (χ1n) is 7.90. The molecule has 3 aromatic heterocycles. The van der Waals surface area contributed by atoms with Gasteiger partial charge in [0.2, 0.25) is 0 Å². The van der Waals surface area contributed by atoms with E-state index in [0.29, 0.717) is 11.3 Å². The van der Waals surface area contributed by atoms with Crippen molar-refractivity contribution in [2.45, 2.75) is 6.92 Å². The molecule has 3 heterocycles. The van der Waals surface area contributed by atoms with E-state index in [2.05, 4.69) is 4.98 Å². The van der Waals surface area contributed by atoms with Crippen LogP contribution >= 0.6 is 0 Å². The number of hydrogen-bond acceptors (Lipinski definition) is 4. The number of hydrogen-bond donors (Lipinski definition) is 2. The van der Waals surface area contributed by atoms with E-state index in [-0.39, 0.29) is 27.6 Å². The zero-order chi connectivity index (χ0) is 18.4. The maximum Gasteiger partial charge on any atom is 0.339 e. The maximum atomic E-state index is 13.0. The van der Waals surface area contributed by atoms with Crippen molar-refractivity contribution in [1.82, 2.24) is 14.0 Å². The van der Waals surface area contributed by atoms with Crippen molar-refractivity contribution >= 4 is 22.6 Å². The smallest absolute Gasteiger partial charge is 0.339 e. The summed E-state index contributed by atoms with van der Waals surface area (Å²) < 4.78 is 2.79. The lowest BCUT2D eigenvalue weighted by Gasteiger charge is -2.14. The second-order valence-corrected chi connectivity index (χ2v) is 5.92. The van der Waals surface area contributed by atoms with Crippen LogP contribution < -0.4 is 11.0 Å². The van der Waals surface area contributed by atoms with Crippen LogP contribution in [-0.2, 0) is 0 Å². The Balaban J connectivity index is 2.31. The highest BCUT2D eigenvalue weighted by Crippen LogP contribution is 2.16. The van der Waals surface area contributed by atoms with E-state index in [1.54, 1.807) is 36.5 Å². The molecule has 0 unspecified atom stereocenters. The highest BCUT2D eigenvalue weighted by molar-refractivity contribution is 5.92. The lowest BCUT2D eigenvalue weighted by Crippen LogP contribution is -2.29. The molecule has 26 heavy (non-hydrogen) atoms. The Morgan fingerprint density at radius 2 is 1.85 bits per heavy atom. The van der Waals surface area contributed by atoms with Crippen LogP contribution in [0, 0.1) is 12.3 Å². The summed E-state index contributed by atoms with van der Waals surface area (Å²) in [7, 11) is 0. The van der Waals surface area contributed by atoms with Gasteiger partial charge in [-0.05, 0) is 36.8 Å². The minimum Gasteiger partial charge on any atom is -0.478 e. The van der Waals surface area contributed by atoms with E-state index in [4.69, 9.17) is 5.41 Å². The van der Waals surface area contributed by atoms with Gasteiger partial charge in [-0.2, -0.15) is 0 Å². The molecular weight excluding hydrogens is 332 g/mol. The molecule has 0 spiro atoms. The summed E-state index contributed by atoms with van der Waals surface area (Å²) in [6.45, 7) is 1.84. The van der Waals surface area contributed by atoms with Crippen LogP contribution in [0.5, 0.6) is 0 Å². The Morgan fingerprint density at radius 1 is 1.12 bits per heavy atom. The molecule has 0 radical (unpaired) electrons. The Bertz CT molecular complexity index is 1300. The number of carboxylic acids is 1. The maximum absolute atomic E-state index is 13.0. The lowest BCUT2D eigenvalue weighted by atomic mass is 10.2. The van der Waals surface area contributed by atoms with Gasteiger partial charge in [0.05, 0.1) is 5.39 Å². The molecule has 0 bridgehead atoms. The minimum atomic E-state index is -1.27. The van der Waals surface area contributed by atoms with E-state index < -0.39 is 5.97 Å². The van der Waals surface area contributed by atoms with Crippen molar-refractivity contribution in [3.63, 3.8) is 0 Å². The first-order valence-corrected chi connectivity index (χ1v) is 7.90. The summed E-state index contributed by atoms with van der Waals surface area (Å²) in [5.41, 5.74) is 1.23. The van der Waals surface area contributed by atoms with E-state index >= 15 is 0 Å². The van der Waals surface area contributed by atoms with Gasteiger partial charge in [0.25, 0.3) is 5.56 Å². The van der Waals surface area contributed by atoms with E-state index in [1.807, 2.05) is 19.1 Å². The predicted octanol–water partition coefficient (Wildman–Crippen LogP) is 2.12. The second kappa shape index (κ2) is 5.66. The van der Waals surface area contributed by atoms with Gasteiger partial charge in [-0.25, -0.2) is 9.78 Å². The molecule has 7 heteroatoms. The zero-order valence-corrected chi connectivity index (χ0v) is 13.8. The van der Waals surface area contributed by atoms with Crippen LogP contribution in [0.15, 0.2) is 59.5 Å². The molecule has 2 N–H and O–H groups in total. The molecule has 0 aliphatic heterocycles.